The maximum absolute atomic E-state index is 11.7. The number of hydrogen-bond donors (Lipinski definition) is 1. The molecule has 1 N–H and O–H groups in total. The summed E-state index contributed by atoms with van der Waals surface area (Å²) in [4.78, 5) is 0. The Morgan fingerprint density at radius 3 is 2.88 bits per heavy atom. The summed E-state index contributed by atoms with van der Waals surface area (Å²) in [5, 5.41) is 3.13. The van der Waals surface area contributed by atoms with Crippen molar-refractivity contribution in [1.82, 2.24) is 5.32 Å². The zero-order valence-corrected chi connectivity index (χ0v) is 11.3. The summed E-state index contributed by atoms with van der Waals surface area (Å²) in [7, 11) is -1.31. The molecule has 1 fully saturated rings. The summed E-state index contributed by atoms with van der Waals surface area (Å²) in [6, 6.07) is 0. The highest BCUT2D eigenvalue weighted by Crippen LogP contribution is 2.14. The van der Waals surface area contributed by atoms with Crippen LogP contribution in [0.15, 0.2) is 0 Å². The minimum Gasteiger partial charge on any atom is -0.383 e. The highest BCUT2D eigenvalue weighted by Gasteiger charge is 2.22. The molecule has 1 aliphatic heterocycles. The highest BCUT2D eigenvalue weighted by molar-refractivity contribution is 7.91. The van der Waals surface area contributed by atoms with E-state index in [4.69, 9.17) is 9.47 Å². The van der Waals surface area contributed by atoms with Gasteiger partial charge in [-0.2, -0.15) is 0 Å². The molecule has 0 bridgehead atoms. The third-order valence-electron chi connectivity index (χ3n) is 2.76. The average Bonchev–Trinajstić information content (AvgIpc) is 2.75. The molecular weight excluding hydrogens is 242 g/mol. The van der Waals surface area contributed by atoms with E-state index in [-0.39, 0.29) is 17.6 Å². The number of sulfone groups is 1. The normalized spacial score (nSPS) is 20.9. The quantitative estimate of drug-likeness (QED) is 0.604. The first-order valence-electron chi connectivity index (χ1n) is 6.16. The van der Waals surface area contributed by atoms with E-state index in [9.17, 15) is 8.42 Å². The van der Waals surface area contributed by atoms with Gasteiger partial charge in [0.25, 0.3) is 0 Å². The Morgan fingerprint density at radius 1 is 1.41 bits per heavy atom. The maximum atomic E-state index is 11.7. The maximum Gasteiger partial charge on any atom is 0.152 e. The summed E-state index contributed by atoms with van der Waals surface area (Å²) in [5.74, 6) is 0.428. The first-order chi connectivity index (χ1) is 8.14. The topological polar surface area (TPSA) is 64.6 Å². The van der Waals surface area contributed by atoms with Crippen LogP contribution in [-0.2, 0) is 19.3 Å². The fourth-order valence-electron chi connectivity index (χ4n) is 1.86. The number of hydrogen-bond acceptors (Lipinski definition) is 5. The molecule has 0 aliphatic carbocycles. The van der Waals surface area contributed by atoms with Gasteiger partial charge in [0, 0.05) is 20.3 Å². The van der Waals surface area contributed by atoms with E-state index in [1.165, 1.54) is 0 Å². The summed E-state index contributed by atoms with van der Waals surface area (Å²) < 4.78 is 33.7. The van der Waals surface area contributed by atoms with Crippen LogP contribution in [0.25, 0.3) is 0 Å². The van der Waals surface area contributed by atoms with Gasteiger partial charge < -0.3 is 14.8 Å². The summed E-state index contributed by atoms with van der Waals surface area (Å²) in [5.41, 5.74) is 0. The van der Waals surface area contributed by atoms with Gasteiger partial charge in [-0.1, -0.05) is 0 Å². The van der Waals surface area contributed by atoms with E-state index in [0.717, 1.165) is 19.4 Å². The summed E-state index contributed by atoms with van der Waals surface area (Å²) in [6.45, 7) is 2.85. The smallest absolute Gasteiger partial charge is 0.152 e. The fourth-order valence-corrected chi connectivity index (χ4v) is 3.44. The van der Waals surface area contributed by atoms with Gasteiger partial charge in [-0.15, -0.1) is 0 Å². The molecule has 17 heavy (non-hydrogen) atoms. The van der Waals surface area contributed by atoms with Gasteiger partial charge in [-0.3, -0.25) is 0 Å². The first kappa shape index (κ1) is 14.9. The van der Waals surface area contributed by atoms with Crippen LogP contribution in [0.3, 0.4) is 0 Å². The van der Waals surface area contributed by atoms with Crippen molar-refractivity contribution in [3.8, 4) is 0 Å². The Kier molecular flexibility index (Phi) is 7.03. The van der Waals surface area contributed by atoms with Crippen LogP contribution >= 0.6 is 0 Å². The molecule has 5 nitrogen and oxygen atoms in total. The van der Waals surface area contributed by atoms with Crippen molar-refractivity contribution in [3.63, 3.8) is 0 Å². The summed E-state index contributed by atoms with van der Waals surface area (Å²) >= 11 is 0. The van der Waals surface area contributed by atoms with Crippen LogP contribution in [0.4, 0.5) is 0 Å². The second-order valence-electron chi connectivity index (χ2n) is 4.35. The average molecular weight is 265 g/mol. The lowest BCUT2D eigenvalue weighted by Gasteiger charge is -2.10. The predicted octanol–water partition coefficient (Wildman–Crippen LogP) is 0.206. The predicted molar refractivity (Wildman–Crippen MR) is 67.0 cm³/mol. The van der Waals surface area contributed by atoms with E-state index in [1.807, 2.05) is 0 Å². The Morgan fingerprint density at radius 2 is 2.24 bits per heavy atom. The molecule has 1 rings (SSSR count). The van der Waals surface area contributed by atoms with Gasteiger partial charge in [0.15, 0.2) is 9.84 Å². The van der Waals surface area contributed by atoms with Gasteiger partial charge in [0.2, 0.25) is 0 Å². The fraction of sp³-hybridized carbons (Fsp3) is 1.00. The Balaban J connectivity index is 2.07. The zero-order chi connectivity index (χ0) is 12.6. The molecule has 1 saturated heterocycles. The van der Waals surface area contributed by atoms with Crippen LogP contribution in [0.5, 0.6) is 0 Å². The number of ether oxygens (including phenoxy) is 2. The van der Waals surface area contributed by atoms with Crippen molar-refractivity contribution >= 4 is 9.84 Å². The standard InChI is InChI=1S/C11H23NO4S/c1-15-8-6-12-5-3-9-17(13,14)10-11-4-2-7-16-11/h11-12H,2-10H2,1H3. The monoisotopic (exact) mass is 265 g/mol. The number of methoxy groups -OCH3 is 1. The molecule has 0 aromatic heterocycles. The molecule has 1 heterocycles. The lowest BCUT2D eigenvalue weighted by Crippen LogP contribution is -2.26. The van der Waals surface area contributed by atoms with E-state index < -0.39 is 9.84 Å². The lowest BCUT2D eigenvalue weighted by molar-refractivity contribution is 0.127. The second-order valence-corrected chi connectivity index (χ2v) is 6.57. The zero-order valence-electron chi connectivity index (χ0n) is 10.5. The van der Waals surface area contributed by atoms with E-state index in [0.29, 0.717) is 26.2 Å². The van der Waals surface area contributed by atoms with Crippen molar-refractivity contribution in [3.05, 3.63) is 0 Å². The molecule has 102 valence electrons. The molecule has 0 radical (unpaired) electrons. The Labute approximate surface area is 104 Å². The van der Waals surface area contributed by atoms with Crippen molar-refractivity contribution in [2.45, 2.75) is 25.4 Å². The SMILES string of the molecule is COCCNCCCS(=O)(=O)CC1CCCO1. The summed E-state index contributed by atoms with van der Waals surface area (Å²) in [6.07, 6.45) is 2.45. The van der Waals surface area contributed by atoms with Crippen LogP contribution in [-0.4, -0.2) is 59.4 Å². The number of rotatable bonds is 9. The minimum absolute atomic E-state index is 0.0681. The molecule has 1 unspecified atom stereocenters. The van der Waals surface area contributed by atoms with Gasteiger partial charge >= 0.3 is 0 Å². The van der Waals surface area contributed by atoms with Crippen molar-refractivity contribution < 1.29 is 17.9 Å². The second kappa shape index (κ2) is 8.02. The Bertz CT molecular complexity index is 286. The molecule has 0 aromatic rings. The van der Waals surface area contributed by atoms with Crippen LogP contribution in [0.1, 0.15) is 19.3 Å². The largest absolute Gasteiger partial charge is 0.383 e. The van der Waals surface area contributed by atoms with Gasteiger partial charge in [0.1, 0.15) is 0 Å². The van der Waals surface area contributed by atoms with E-state index in [1.54, 1.807) is 7.11 Å². The molecule has 1 atom stereocenters. The van der Waals surface area contributed by atoms with Crippen molar-refractivity contribution in [1.29, 1.82) is 0 Å². The van der Waals surface area contributed by atoms with Crippen LogP contribution in [0, 0.1) is 0 Å². The molecule has 0 amide bonds. The molecule has 0 saturated carbocycles. The van der Waals surface area contributed by atoms with Gasteiger partial charge in [0.05, 0.1) is 24.2 Å². The molecule has 6 heteroatoms. The molecule has 1 aliphatic rings. The van der Waals surface area contributed by atoms with E-state index >= 15 is 0 Å². The molecule has 0 aromatic carbocycles. The molecular formula is C11H23NO4S. The van der Waals surface area contributed by atoms with Crippen molar-refractivity contribution in [2.24, 2.45) is 0 Å². The number of nitrogens with one attached hydrogen (secondary N) is 1. The third-order valence-corrected chi connectivity index (χ3v) is 4.55. The Hall–Kier alpha value is -0.170. The van der Waals surface area contributed by atoms with Gasteiger partial charge in [-0.05, 0) is 25.8 Å². The van der Waals surface area contributed by atoms with Gasteiger partial charge in [-0.25, -0.2) is 8.42 Å². The first-order valence-corrected chi connectivity index (χ1v) is 7.98. The lowest BCUT2D eigenvalue weighted by atomic mass is 10.3. The van der Waals surface area contributed by atoms with Crippen LogP contribution in [0.2, 0.25) is 0 Å². The minimum atomic E-state index is -2.95. The van der Waals surface area contributed by atoms with E-state index in [2.05, 4.69) is 5.32 Å². The molecule has 0 spiro atoms. The van der Waals surface area contributed by atoms with Crippen LogP contribution < -0.4 is 5.32 Å². The van der Waals surface area contributed by atoms with Crippen molar-refractivity contribution in [2.75, 3.05) is 44.9 Å². The third kappa shape index (κ3) is 6.98. The highest BCUT2D eigenvalue weighted by atomic mass is 32.2.